The first-order valence-corrected chi connectivity index (χ1v) is 7.56. The van der Waals surface area contributed by atoms with E-state index in [1.54, 1.807) is 0 Å². The van der Waals surface area contributed by atoms with Gasteiger partial charge in [-0.2, -0.15) is 0 Å². The summed E-state index contributed by atoms with van der Waals surface area (Å²) in [6.07, 6.45) is 1.95. The number of anilines is 1. The standard InChI is InChI=1S/C18H23NO2/c1-4-16-9-10-17(21-16)11-12-18(20)19-15-7-5-14(6-8-15)13(2)3/h5-10,13H,4,11-12H2,1-3H3,(H,19,20). The van der Waals surface area contributed by atoms with E-state index in [0.29, 0.717) is 18.8 Å². The fourth-order valence-corrected chi connectivity index (χ4v) is 2.16. The van der Waals surface area contributed by atoms with Gasteiger partial charge >= 0.3 is 0 Å². The lowest BCUT2D eigenvalue weighted by Crippen LogP contribution is -2.12. The molecule has 0 aliphatic carbocycles. The number of amides is 1. The molecule has 0 radical (unpaired) electrons. The normalized spacial score (nSPS) is 10.9. The molecule has 0 bridgehead atoms. The smallest absolute Gasteiger partial charge is 0.224 e. The van der Waals surface area contributed by atoms with Crippen molar-refractivity contribution in [3.05, 3.63) is 53.5 Å². The highest BCUT2D eigenvalue weighted by Crippen LogP contribution is 2.17. The lowest BCUT2D eigenvalue weighted by molar-refractivity contribution is -0.116. The van der Waals surface area contributed by atoms with Crippen LogP contribution < -0.4 is 5.32 Å². The summed E-state index contributed by atoms with van der Waals surface area (Å²) in [4.78, 5) is 11.9. The van der Waals surface area contributed by atoms with Crippen LogP contribution in [0.4, 0.5) is 5.69 Å². The van der Waals surface area contributed by atoms with E-state index in [4.69, 9.17) is 4.42 Å². The summed E-state index contributed by atoms with van der Waals surface area (Å²) in [5.74, 6) is 2.36. The number of hydrogen-bond donors (Lipinski definition) is 1. The van der Waals surface area contributed by atoms with Crippen molar-refractivity contribution in [2.45, 2.75) is 46.0 Å². The van der Waals surface area contributed by atoms with Crippen LogP contribution >= 0.6 is 0 Å². The third-order valence-electron chi connectivity index (χ3n) is 3.53. The van der Waals surface area contributed by atoms with Crippen LogP contribution in [0.1, 0.15) is 50.2 Å². The summed E-state index contributed by atoms with van der Waals surface area (Å²) in [5, 5.41) is 2.92. The molecule has 1 amide bonds. The van der Waals surface area contributed by atoms with Crippen molar-refractivity contribution in [1.29, 1.82) is 0 Å². The maximum absolute atomic E-state index is 11.9. The number of carbonyl (C=O) groups is 1. The number of aryl methyl sites for hydroxylation is 2. The molecule has 21 heavy (non-hydrogen) atoms. The van der Waals surface area contributed by atoms with Crippen LogP contribution in [0.3, 0.4) is 0 Å². The summed E-state index contributed by atoms with van der Waals surface area (Å²) < 4.78 is 5.60. The average molecular weight is 285 g/mol. The number of nitrogens with one attached hydrogen (secondary N) is 1. The fourth-order valence-electron chi connectivity index (χ4n) is 2.16. The summed E-state index contributed by atoms with van der Waals surface area (Å²) in [7, 11) is 0. The molecular formula is C18H23NO2. The highest BCUT2D eigenvalue weighted by Gasteiger charge is 2.06. The van der Waals surface area contributed by atoms with Gasteiger partial charge in [-0.1, -0.05) is 32.9 Å². The molecule has 3 nitrogen and oxygen atoms in total. The van der Waals surface area contributed by atoms with E-state index in [2.05, 4.69) is 38.2 Å². The number of furan rings is 1. The van der Waals surface area contributed by atoms with Crippen molar-refractivity contribution in [1.82, 2.24) is 0 Å². The van der Waals surface area contributed by atoms with Crippen LogP contribution in [0, 0.1) is 0 Å². The molecule has 0 fully saturated rings. The zero-order valence-electron chi connectivity index (χ0n) is 13.0. The molecule has 2 aromatic rings. The second-order valence-corrected chi connectivity index (χ2v) is 5.55. The van der Waals surface area contributed by atoms with Crippen LogP contribution in [0.25, 0.3) is 0 Å². The van der Waals surface area contributed by atoms with E-state index in [0.717, 1.165) is 23.6 Å². The molecule has 1 N–H and O–H groups in total. The monoisotopic (exact) mass is 285 g/mol. The molecule has 2 rings (SSSR count). The Labute approximate surface area is 126 Å². The Morgan fingerprint density at radius 1 is 1.10 bits per heavy atom. The van der Waals surface area contributed by atoms with Gasteiger partial charge in [0, 0.05) is 24.9 Å². The SMILES string of the molecule is CCc1ccc(CCC(=O)Nc2ccc(C(C)C)cc2)o1. The van der Waals surface area contributed by atoms with Gasteiger partial charge < -0.3 is 9.73 Å². The highest BCUT2D eigenvalue weighted by molar-refractivity contribution is 5.90. The largest absolute Gasteiger partial charge is 0.466 e. The molecule has 0 spiro atoms. The van der Waals surface area contributed by atoms with Gasteiger partial charge in [-0.25, -0.2) is 0 Å². The van der Waals surface area contributed by atoms with Crippen LogP contribution in [-0.2, 0) is 17.6 Å². The predicted molar refractivity (Wildman–Crippen MR) is 85.6 cm³/mol. The minimum atomic E-state index is 0.0155. The number of benzene rings is 1. The first kappa shape index (κ1) is 15.4. The zero-order valence-corrected chi connectivity index (χ0v) is 13.0. The minimum Gasteiger partial charge on any atom is -0.466 e. The Kier molecular flexibility index (Phi) is 5.20. The second-order valence-electron chi connectivity index (χ2n) is 5.55. The molecule has 3 heteroatoms. The zero-order chi connectivity index (χ0) is 15.2. The van der Waals surface area contributed by atoms with Gasteiger partial charge in [-0.15, -0.1) is 0 Å². The topological polar surface area (TPSA) is 42.2 Å². The summed E-state index contributed by atoms with van der Waals surface area (Å²) >= 11 is 0. The predicted octanol–water partition coefficient (Wildman–Crippen LogP) is 4.54. The molecule has 1 aromatic carbocycles. The van der Waals surface area contributed by atoms with E-state index in [1.807, 2.05) is 24.3 Å². The first-order chi connectivity index (χ1) is 10.1. The van der Waals surface area contributed by atoms with E-state index in [1.165, 1.54) is 5.56 Å². The van der Waals surface area contributed by atoms with E-state index in [-0.39, 0.29) is 5.91 Å². The number of carbonyl (C=O) groups excluding carboxylic acids is 1. The molecule has 0 saturated heterocycles. The van der Waals surface area contributed by atoms with Gasteiger partial charge in [0.05, 0.1) is 0 Å². The van der Waals surface area contributed by atoms with Crippen molar-refractivity contribution in [3.8, 4) is 0 Å². The molecule has 0 atom stereocenters. The lowest BCUT2D eigenvalue weighted by atomic mass is 10.0. The molecule has 1 heterocycles. The molecule has 0 unspecified atom stereocenters. The molecule has 1 aromatic heterocycles. The second kappa shape index (κ2) is 7.11. The first-order valence-electron chi connectivity index (χ1n) is 7.56. The average Bonchev–Trinajstić information content (AvgIpc) is 2.94. The van der Waals surface area contributed by atoms with E-state index >= 15 is 0 Å². The Bertz CT molecular complexity index is 582. The van der Waals surface area contributed by atoms with E-state index < -0.39 is 0 Å². The van der Waals surface area contributed by atoms with Crippen molar-refractivity contribution in [2.75, 3.05) is 5.32 Å². The number of rotatable bonds is 6. The van der Waals surface area contributed by atoms with Gasteiger partial charge in [-0.05, 0) is 35.7 Å². The van der Waals surface area contributed by atoms with Gasteiger partial charge in [0.1, 0.15) is 11.5 Å². The fraction of sp³-hybridized carbons (Fsp3) is 0.389. The van der Waals surface area contributed by atoms with Crippen molar-refractivity contribution < 1.29 is 9.21 Å². The summed E-state index contributed by atoms with van der Waals surface area (Å²) in [6, 6.07) is 11.9. The molecule has 0 saturated carbocycles. The summed E-state index contributed by atoms with van der Waals surface area (Å²) in [6.45, 7) is 6.36. The van der Waals surface area contributed by atoms with Gasteiger partial charge in [0.25, 0.3) is 0 Å². The Hall–Kier alpha value is -2.03. The van der Waals surface area contributed by atoms with Gasteiger partial charge in [0.2, 0.25) is 5.91 Å². The molecular weight excluding hydrogens is 262 g/mol. The third-order valence-corrected chi connectivity index (χ3v) is 3.53. The van der Waals surface area contributed by atoms with Crippen LogP contribution in [0.2, 0.25) is 0 Å². The van der Waals surface area contributed by atoms with Crippen LogP contribution in [-0.4, -0.2) is 5.91 Å². The van der Waals surface area contributed by atoms with E-state index in [9.17, 15) is 4.79 Å². The molecule has 0 aliphatic heterocycles. The quantitative estimate of drug-likeness (QED) is 0.846. The number of hydrogen-bond acceptors (Lipinski definition) is 2. The van der Waals surface area contributed by atoms with Crippen molar-refractivity contribution in [3.63, 3.8) is 0 Å². The van der Waals surface area contributed by atoms with Crippen LogP contribution in [0.5, 0.6) is 0 Å². The Morgan fingerprint density at radius 2 is 1.76 bits per heavy atom. The van der Waals surface area contributed by atoms with Gasteiger partial charge in [0.15, 0.2) is 0 Å². The molecule has 0 aliphatic rings. The Balaban J connectivity index is 1.83. The maximum Gasteiger partial charge on any atom is 0.224 e. The molecule has 112 valence electrons. The highest BCUT2D eigenvalue weighted by atomic mass is 16.3. The Morgan fingerprint density at radius 3 is 2.33 bits per heavy atom. The van der Waals surface area contributed by atoms with Crippen LogP contribution in [0.15, 0.2) is 40.8 Å². The minimum absolute atomic E-state index is 0.0155. The third kappa shape index (κ3) is 4.48. The van der Waals surface area contributed by atoms with Crippen molar-refractivity contribution >= 4 is 11.6 Å². The van der Waals surface area contributed by atoms with Gasteiger partial charge in [-0.3, -0.25) is 4.79 Å². The maximum atomic E-state index is 11.9. The lowest BCUT2D eigenvalue weighted by Gasteiger charge is -2.08. The summed E-state index contributed by atoms with van der Waals surface area (Å²) in [5.41, 5.74) is 2.12. The van der Waals surface area contributed by atoms with Crippen molar-refractivity contribution in [2.24, 2.45) is 0 Å².